The maximum absolute atomic E-state index is 11.6. The maximum Gasteiger partial charge on any atom is 0.319 e. The van der Waals surface area contributed by atoms with Crippen molar-refractivity contribution in [2.45, 2.75) is 6.42 Å². The van der Waals surface area contributed by atoms with Gasteiger partial charge in [0.05, 0.1) is 19.9 Å². The summed E-state index contributed by atoms with van der Waals surface area (Å²) in [5.74, 6) is 1.09. The molecule has 0 aliphatic rings. The van der Waals surface area contributed by atoms with Crippen LogP contribution in [-0.4, -0.2) is 38.5 Å². The Balaban J connectivity index is 2.75. The SMILES string of the molecule is COc1cc(Br)c(NC(=O)NCCCO)cc1OC. The van der Waals surface area contributed by atoms with E-state index in [1.54, 1.807) is 19.2 Å². The van der Waals surface area contributed by atoms with Crippen LogP contribution in [0.4, 0.5) is 10.5 Å². The van der Waals surface area contributed by atoms with E-state index in [-0.39, 0.29) is 12.6 Å². The molecular formula is C12H17BrN2O4. The summed E-state index contributed by atoms with van der Waals surface area (Å²) in [5, 5.41) is 13.9. The molecule has 2 amide bonds. The first-order chi connectivity index (χ1) is 9.12. The lowest BCUT2D eigenvalue weighted by atomic mass is 10.2. The van der Waals surface area contributed by atoms with E-state index in [9.17, 15) is 4.79 Å². The first-order valence-corrected chi connectivity index (χ1v) is 6.49. The molecule has 0 unspecified atom stereocenters. The molecule has 0 spiro atoms. The molecule has 106 valence electrons. The fourth-order valence-electron chi connectivity index (χ4n) is 1.40. The second-order valence-electron chi connectivity index (χ2n) is 3.65. The van der Waals surface area contributed by atoms with E-state index in [1.807, 2.05) is 0 Å². The van der Waals surface area contributed by atoms with Gasteiger partial charge in [-0.15, -0.1) is 0 Å². The number of hydrogen-bond donors (Lipinski definition) is 3. The largest absolute Gasteiger partial charge is 0.493 e. The van der Waals surface area contributed by atoms with Crippen molar-refractivity contribution in [2.24, 2.45) is 0 Å². The van der Waals surface area contributed by atoms with Crippen molar-refractivity contribution in [1.29, 1.82) is 0 Å². The summed E-state index contributed by atoms with van der Waals surface area (Å²) in [7, 11) is 3.07. The smallest absolute Gasteiger partial charge is 0.319 e. The molecule has 3 N–H and O–H groups in total. The molecular weight excluding hydrogens is 316 g/mol. The number of anilines is 1. The maximum atomic E-state index is 11.6. The first-order valence-electron chi connectivity index (χ1n) is 5.69. The molecule has 0 radical (unpaired) electrons. The number of hydrogen-bond acceptors (Lipinski definition) is 4. The van der Waals surface area contributed by atoms with Crippen LogP contribution < -0.4 is 20.1 Å². The zero-order valence-corrected chi connectivity index (χ0v) is 12.4. The number of halogens is 1. The molecule has 0 saturated carbocycles. The Morgan fingerprint density at radius 3 is 2.53 bits per heavy atom. The summed E-state index contributed by atoms with van der Waals surface area (Å²) in [6, 6.07) is 3.03. The minimum Gasteiger partial charge on any atom is -0.493 e. The lowest BCUT2D eigenvalue weighted by Gasteiger charge is -2.13. The summed E-state index contributed by atoms with van der Waals surface area (Å²) < 4.78 is 11.0. The van der Waals surface area contributed by atoms with Gasteiger partial charge in [0.1, 0.15) is 0 Å². The number of nitrogens with one attached hydrogen (secondary N) is 2. The van der Waals surface area contributed by atoms with Crippen molar-refractivity contribution in [3.8, 4) is 11.5 Å². The third-order valence-corrected chi connectivity index (χ3v) is 3.00. The van der Waals surface area contributed by atoms with Gasteiger partial charge in [-0.25, -0.2) is 4.79 Å². The number of urea groups is 1. The highest BCUT2D eigenvalue weighted by Gasteiger charge is 2.11. The van der Waals surface area contributed by atoms with E-state index in [1.165, 1.54) is 7.11 Å². The Kier molecular flexibility index (Phi) is 6.44. The lowest BCUT2D eigenvalue weighted by molar-refractivity contribution is 0.249. The molecule has 0 bridgehead atoms. The average molecular weight is 333 g/mol. The molecule has 0 aliphatic heterocycles. The minimum absolute atomic E-state index is 0.0420. The number of benzene rings is 1. The second kappa shape index (κ2) is 7.85. The Labute approximate surface area is 120 Å². The molecule has 0 heterocycles. The molecule has 1 aromatic rings. The summed E-state index contributed by atoms with van der Waals surface area (Å²) in [5.41, 5.74) is 0.569. The highest BCUT2D eigenvalue weighted by molar-refractivity contribution is 9.10. The van der Waals surface area contributed by atoms with Crippen molar-refractivity contribution in [2.75, 3.05) is 32.7 Å². The van der Waals surface area contributed by atoms with E-state index < -0.39 is 0 Å². The Morgan fingerprint density at radius 1 is 1.32 bits per heavy atom. The van der Waals surface area contributed by atoms with E-state index in [4.69, 9.17) is 14.6 Å². The van der Waals surface area contributed by atoms with Gasteiger partial charge in [0.15, 0.2) is 11.5 Å². The third-order valence-electron chi connectivity index (χ3n) is 2.34. The van der Waals surface area contributed by atoms with Gasteiger partial charge in [0.2, 0.25) is 0 Å². The number of rotatable bonds is 6. The highest BCUT2D eigenvalue weighted by atomic mass is 79.9. The van der Waals surface area contributed by atoms with Crippen LogP contribution in [0.2, 0.25) is 0 Å². The van der Waals surface area contributed by atoms with Crippen LogP contribution in [0.15, 0.2) is 16.6 Å². The molecule has 0 fully saturated rings. The highest BCUT2D eigenvalue weighted by Crippen LogP contribution is 2.36. The summed E-state index contributed by atoms with van der Waals surface area (Å²) in [6.45, 7) is 0.452. The normalized spacial score (nSPS) is 9.89. The predicted octanol–water partition coefficient (Wildman–Crippen LogP) is 1.97. The second-order valence-corrected chi connectivity index (χ2v) is 4.50. The summed E-state index contributed by atoms with van der Waals surface area (Å²) in [4.78, 5) is 11.6. The van der Waals surface area contributed by atoms with Crippen LogP contribution in [0.25, 0.3) is 0 Å². The van der Waals surface area contributed by atoms with E-state index >= 15 is 0 Å². The molecule has 0 aliphatic carbocycles. The van der Waals surface area contributed by atoms with Crippen LogP contribution >= 0.6 is 15.9 Å². The van der Waals surface area contributed by atoms with Crippen molar-refractivity contribution in [1.82, 2.24) is 5.32 Å². The number of ether oxygens (including phenoxy) is 2. The van der Waals surface area contributed by atoms with Crippen molar-refractivity contribution >= 4 is 27.6 Å². The lowest BCUT2D eigenvalue weighted by Crippen LogP contribution is -2.30. The van der Waals surface area contributed by atoms with Crippen molar-refractivity contribution in [3.05, 3.63) is 16.6 Å². The molecule has 7 heteroatoms. The summed E-state index contributed by atoms with van der Waals surface area (Å²) in [6.07, 6.45) is 0.514. The molecule has 1 aromatic carbocycles. The zero-order valence-electron chi connectivity index (χ0n) is 10.8. The van der Waals surface area contributed by atoms with E-state index in [0.29, 0.717) is 34.6 Å². The molecule has 0 atom stereocenters. The topological polar surface area (TPSA) is 79.8 Å². The molecule has 1 rings (SSSR count). The van der Waals surface area contributed by atoms with Gasteiger partial charge in [-0.2, -0.15) is 0 Å². The molecule has 0 aromatic heterocycles. The van der Waals surface area contributed by atoms with Crippen LogP contribution in [0.5, 0.6) is 11.5 Å². The van der Waals surface area contributed by atoms with Gasteiger partial charge in [-0.3, -0.25) is 0 Å². The monoisotopic (exact) mass is 332 g/mol. The van der Waals surface area contributed by atoms with E-state index in [0.717, 1.165) is 0 Å². The Bertz CT molecular complexity index is 440. The molecule has 0 saturated heterocycles. The van der Waals surface area contributed by atoms with Gasteiger partial charge < -0.3 is 25.2 Å². The quantitative estimate of drug-likeness (QED) is 0.696. The van der Waals surface area contributed by atoms with Gasteiger partial charge in [0, 0.05) is 29.8 Å². The number of methoxy groups -OCH3 is 2. The fourth-order valence-corrected chi connectivity index (χ4v) is 1.82. The number of carbonyl (C=O) groups excluding carboxylic acids is 1. The fraction of sp³-hybridized carbons (Fsp3) is 0.417. The molecule has 19 heavy (non-hydrogen) atoms. The van der Waals surface area contributed by atoms with Gasteiger partial charge in [-0.1, -0.05) is 0 Å². The number of aliphatic hydroxyl groups excluding tert-OH is 1. The van der Waals surface area contributed by atoms with Crippen LogP contribution in [-0.2, 0) is 0 Å². The Hall–Kier alpha value is -1.47. The third kappa shape index (κ3) is 4.60. The standard InChI is InChI=1S/C12H17BrN2O4/c1-18-10-6-8(13)9(7-11(10)19-2)15-12(17)14-4-3-5-16/h6-7,16H,3-5H2,1-2H3,(H2,14,15,17). The number of carbonyl (C=O) groups is 1. The Morgan fingerprint density at radius 2 is 1.95 bits per heavy atom. The number of aliphatic hydroxyl groups is 1. The summed E-state index contributed by atoms with van der Waals surface area (Å²) >= 11 is 3.34. The predicted molar refractivity (Wildman–Crippen MR) is 76.0 cm³/mol. The van der Waals surface area contributed by atoms with E-state index in [2.05, 4.69) is 26.6 Å². The van der Waals surface area contributed by atoms with Crippen LogP contribution in [0.1, 0.15) is 6.42 Å². The molecule has 6 nitrogen and oxygen atoms in total. The van der Waals surface area contributed by atoms with Gasteiger partial charge in [0.25, 0.3) is 0 Å². The van der Waals surface area contributed by atoms with Crippen LogP contribution in [0.3, 0.4) is 0 Å². The van der Waals surface area contributed by atoms with Gasteiger partial charge >= 0.3 is 6.03 Å². The average Bonchev–Trinajstić information content (AvgIpc) is 2.40. The van der Waals surface area contributed by atoms with Crippen molar-refractivity contribution in [3.63, 3.8) is 0 Å². The van der Waals surface area contributed by atoms with Gasteiger partial charge in [-0.05, 0) is 22.4 Å². The first kappa shape index (κ1) is 15.6. The van der Waals surface area contributed by atoms with Crippen LogP contribution in [0, 0.1) is 0 Å². The number of amides is 2. The zero-order chi connectivity index (χ0) is 14.3. The van der Waals surface area contributed by atoms with Crippen molar-refractivity contribution < 1.29 is 19.4 Å². The minimum atomic E-state index is -0.346.